The van der Waals surface area contributed by atoms with Gasteiger partial charge in [0.2, 0.25) is 0 Å². The first kappa shape index (κ1) is 13.6. The van der Waals surface area contributed by atoms with E-state index in [1.807, 2.05) is 5.32 Å². The monoisotopic (exact) mass is 243 g/mol. The van der Waals surface area contributed by atoms with Gasteiger partial charge in [0, 0.05) is 0 Å². The van der Waals surface area contributed by atoms with Gasteiger partial charge in [-0.25, -0.2) is 0 Å². The van der Waals surface area contributed by atoms with E-state index in [0.29, 0.717) is 0 Å². The van der Waals surface area contributed by atoms with Crippen molar-refractivity contribution < 1.29 is 22.8 Å². The summed E-state index contributed by atoms with van der Waals surface area (Å²) in [5.41, 5.74) is 4.99. The number of alkyl halides is 3. The zero-order chi connectivity index (χ0) is 12.1. The molecule has 0 heterocycles. The minimum Gasteiger partial charge on any atom is -0.392 e. The van der Waals surface area contributed by atoms with Crippen LogP contribution in [0, 0.1) is 0 Å². The first-order valence-corrected chi connectivity index (χ1v) is 4.04. The van der Waals surface area contributed by atoms with Gasteiger partial charge in [-0.15, -0.1) is 0 Å². The molecule has 0 aliphatic carbocycles. The van der Waals surface area contributed by atoms with Crippen molar-refractivity contribution in [2.75, 3.05) is 13.1 Å². The van der Waals surface area contributed by atoms with E-state index >= 15 is 0 Å². The Morgan fingerprint density at radius 2 is 1.67 bits per heavy atom. The van der Waals surface area contributed by atoms with E-state index in [0.717, 1.165) is 0 Å². The molecule has 0 radical (unpaired) electrons. The molecule has 9 heteroatoms. The minimum atomic E-state index is -4.56. The maximum Gasteiger partial charge on any atom is 0.405 e. The topological polar surface area (TPSA) is 84.2 Å². The Labute approximate surface area is 88.2 Å². The molecule has 0 aromatic heterocycles. The van der Waals surface area contributed by atoms with Crippen LogP contribution < -0.4 is 16.4 Å². The Hall–Kier alpha value is -1.38. The number of hydrogen-bond donors (Lipinski definition) is 3. The quantitative estimate of drug-likeness (QED) is 0.441. The predicted molar refractivity (Wildman–Crippen MR) is 48.9 cm³/mol. The molecule has 0 bridgehead atoms. The number of thiocarbonyl (C=S) groups is 1. The summed E-state index contributed by atoms with van der Waals surface area (Å²) in [5, 5.41) is 3.32. The molecule has 4 N–H and O–H groups in total. The molecule has 0 aromatic carbocycles. The summed E-state index contributed by atoms with van der Waals surface area (Å²) >= 11 is 4.38. The van der Waals surface area contributed by atoms with E-state index in [2.05, 4.69) is 12.2 Å². The summed E-state index contributed by atoms with van der Waals surface area (Å²) in [7, 11) is 0. The number of hydrogen-bond acceptors (Lipinski definition) is 3. The Bertz CT molecular complexity index is 279. The van der Waals surface area contributed by atoms with Crippen molar-refractivity contribution in [3.8, 4) is 0 Å². The SMILES string of the molecule is NC(=S)CNC(=O)C(=O)NCC(F)(F)F. The molecule has 0 saturated carbocycles. The highest BCUT2D eigenvalue weighted by molar-refractivity contribution is 7.80. The van der Waals surface area contributed by atoms with Crippen molar-refractivity contribution >= 4 is 29.0 Å². The molecule has 2 amide bonds. The van der Waals surface area contributed by atoms with E-state index in [-0.39, 0.29) is 11.5 Å². The average Bonchev–Trinajstić information content (AvgIpc) is 2.08. The molecule has 86 valence electrons. The Balaban J connectivity index is 3.90. The maximum atomic E-state index is 11.6. The fourth-order valence-electron chi connectivity index (χ4n) is 0.508. The van der Waals surface area contributed by atoms with Crippen LogP contribution >= 0.6 is 12.2 Å². The van der Waals surface area contributed by atoms with E-state index < -0.39 is 24.5 Å². The van der Waals surface area contributed by atoms with Crippen LogP contribution in [0.4, 0.5) is 13.2 Å². The molecule has 0 saturated heterocycles. The predicted octanol–water partition coefficient (Wildman–Crippen LogP) is -0.933. The molecule has 0 fully saturated rings. The van der Waals surface area contributed by atoms with E-state index in [4.69, 9.17) is 5.73 Å². The van der Waals surface area contributed by atoms with Crippen LogP contribution in [-0.4, -0.2) is 36.1 Å². The number of halogens is 3. The molecule has 15 heavy (non-hydrogen) atoms. The lowest BCUT2D eigenvalue weighted by atomic mass is 10.5. The molecule has 0 aromatic rings. The lowest BCUT2D eigenvalue weighted by Gasteiger charge is -2.07. The lowest BCUT2D eigenvalue weighted by Crippen LogP contribution is -2.45. The first-order chi connectivity index (χ1) is 6.72. The second-order valence-electron chi connectivity index (χ2n) is 2.45. The summed E-state index contributed by atoms with van der Waals surface area (Å²) in [6.07, 6.45) is -4.56. The molecule has 5 nitrogen and oxygen atoms in total. The van der Waals surface area contributed by atoms with Crippen LogP contribution in [0.5, 0.6) is 0 Å². The summed E-state index contributed by atoms with van der Waals surface area (Å²) in [5.74, 6) is -2.60. The third-order valence-corrected chi connectivity index (χ3v) is 1.22. The molecule has 0 unspecified atom stereocenters. The van der Waals surface area contributed by atoms with Gasteiger partial charge in [0.15, 0.2) is 0 Å². The summed E-state index contributed by atoms with van der Waals surface area (Å²) in [4.78, 5) is 21.4. The summed E-state index contributed by atoms with van der Waals surface area (Å²) in [6, 6.07) is 0. The zero-order valence-electron chi connectivity index (χ0n) is 7.35. The smallest absolute Gasteiger partial charge is 0.392 e. The van der Waals surface area contributed by atoms with Gasteiger partial charge in [-0.2, -0.15) is 13.2 Å². The number of amides is 2. The molecular weight excluding hydrogens is 235 g/mol. The van der Waals surface area contributed by atoms with Crippen molar-refractivity contribution in [2.45, 2.75) is 6.18 Å². The molecule has 0 atom stereocenters. The number of carbonyl (C=O) groups excluding carboxylic acids is 2. The maximum absolute atomic E-state index is 11.6. The fraction of sp³-hybridized carbons (Fsp3) is 0.500. The largest absolute Gasteiger partial charge is 0.405 e. The van der Waals surface area contributed by atoms with Gasteiger partial charge in [0.25, 0.3) is 0 Å². The van der Waals surface area contributed by atoms with Crippen LogP contribution in [0.25, 0.3) is 0 Å². The number of carbonyl (C=O) groups is 2. The fourth-order valence-corrected chi connectivity index (χ4v) is 0.581. The van der Waals surface area contributed by atoms with Gasteiger partial charge < -0.3 is 16.4 Å². The van der Waals surface area contributed by atoms with Crippen molar-refractivity contribution in [1.82, 2.24) is 10.6 Å². The second-order valence-corrected chi connectivity index (χ2v) is 2.97. The van der Waals surface area contributed by atoms with Crippen LogP contribution in [0.3, 0.4) is 0 Å². The second kappa shape index (κ2) is 5.49. The average molecular weight is 243 g/mol. The highest BCUT2D eigenvalue weighted by Gasteiger charge is 2.28. The van der Waals surface area contributed by atoms with Crippen LogP contribution in [0.15, 0.2) is 0 Å². The normalized spacial score (nSPS) is 10.6. The van der Waals surface area contributed by atoms with Gasteiger partial charge in [-0.3, -0.25) is 9.59 Å². The van der Waals surface area contributed by atoms with Crippen LogP contribution in [-0.2, 0) is 9.59 Å². The molecule has 0 aliphatic rings. The van der Waals surface area contributed by atoms with Crippen molar-refractivity contribution in [2.24, 2.45) is 5.73 Å². The zero-order valence-corrected chi connectivity index (χ0v) is 8.17. The molecular formula is C6H8F3N3O2S. The van der Waals surface area contributed by atoms with Crippen molar-refractivity contribution in [3.63, 3.8) is 0 Å². The summed E-state index contributed by atoms with van der Waals surface area (Å²) in [6.45, 7) is -1.81. The number of nitrogens with two attached hydrogens (primary N) is 1. The van der Waals surface area contributed by atoms with Crippen LogP contribution in [0.1, 0.15) is 0 Å². The van der Waals surface area contributed by atoms with Gasteiger partial charge in [0.1, 0.15) is 6.54 Å². The van der Waals surface area contributed by atoms with E-state index in [1.165, 1.54) is 5.32 Å². The molecule has 0 rings (SSSR count). The number of rotatable bonds is 3. The Morgan fingerprint density at radius 1 is 1.20 bits per heavy atom. The van der Waals surface area contributed by atoms with Crippen molar-refractivity contribution in [1.29, 1.82) is 0 Å². The minimum absolute atomic E-state index is 0.0769. The van der Waals surface area contributed by atoms with Crippen molar-refractivity contribution in [3.05, 3.63) is 0 Å². The molecule has 0 spiro atoms. The highest BCUT2D eigenvalue weighted by atomic mass is 32.1. The van der Waals surface area contributed by atoms with Crippen LogP contribution in [0.2, 0.25) is 0 Å². The van der Waals surface area contributed by atoms with Gasteiger partial charge >= 0.3 is 18.0 Å². The van der Waals surface area contributed by atoms with Gasteiger partial charge in [0.05, 0.1) is 11.5 Å². The molecule has 0 aliphatic heterocycles. The summed E-state index contributed by atoms with van der Waals surface area (Å²) < 4.78 is 34.8. The standard InChI is InChI=1S/C6H8F3N3O2S/c7-6(8,9)2-12-5(14)4(13)11-1-3(10)15/h1-2H2,(H2,10,15)(H,11,13)(H,12,14). The Morgan fingerprint density at radius 3 is 2.07 bits per heavy atom. The number of nitrogens with one attached hydrogen (secondary N) is 2. The lowest BCUT2D eigenvalue weighted by molar-refractivity contribution is -0.146. The van der Waals surface area contributed by atoms with E-state index in [9.17, 15) is 22.8 Å². The Kier molecular flexibility index (Phi) is 4.98. The third-order valence-electron chi connectivity index (χ3n) is 1.08. The highest BCUT2D eigenvalue weighted by Crippen LogP contribution is 2.11. The third kappa shape index (κ3) is 7.67. The van der Waals surface area contributed by atoms with Gasteiger partial charge in [-0.1, -0.05) is 12.2 Å². The first-order valence-electron chi connectivity index (χ1n) is 3.63. The van der Waals surface area contributed by atoms with E-state index in [1.54, 1.807) is 0 Å². The van der Waals surface area contributed by atoms with Gasteiger partial charge in [-0.05, 0) is 0 Å².